The van der Waals surface area contributed by atoms with Crippen molar-refractivity contribution in [2.24, 2.45) is 5.92 Å². The van der Waals surface area contributed by atoms with Crippen LogP contribution in [0.15, 0.2) is 24.7 Å². The maximum Gasteiger partial charge on any atom is 0.231 e. The molecule has 1 aliphatic carbocycles. The van der Waals surface area contributed by atoms with Gasteiger partial charge < -0.3 is 20.5 Å². The van der Waals surface area contributed by atoms with Crippen LogP contribution in [0.2, 0.25) is 0 Å². The lowest BCUT2D eigenvalue weighted by Gasteiger charge is -2.15. The Balaban J connectivity index is 1.52. The molecular formula is C18H26N8. The molecule has 1 atom stereocenters. The number of hydrogen-bond donors (Lipinski definition) is 3. The van der Waals surface area contributed by atoms with Gasteiger partial charge >= 0.3 is 0 Å². The zero-order valence-electron chi connectivity index (χ0n) is 15.5. The van der Waals surface area contributed by atoms with E-state index in [-0.39, 0.29) is 0 Å². The molecule has 0 aromatic carbocycles. The molecule has 0 radical (unpaired) electrons. The van der Waals surface area contributed by atoms with Crippen LogP contribution in [0.5, 0.6) is 0 Å². The number of fused-ring (bicyclic) bond motifs is 1. The van der Waals surface area contributed by atoms with Crippen molar-refractivity contribution in [3.05, 3.63) is 24.7 Å². The van der Waals surface area contributed by atoms with Crippen LogP contribution in [0.3, 0.4) is 0 Å². The molecule has 138 valence electrons. The molecule has 1 saturated carbocycles. The summed E-state index contributed by atoms with van der Waals surface area (Å²) in [5, 5.41) is 12.2. The van der Waals surface area contributed by atoms with Crippen molar-refractivity contribution < 1.29 is 0 Å². The number of aromatic amines is 1. The number of aromatic nitrogens is 5. The van der Waals surface area contributed by atoms with E-state index in [9.17, 15) is 0 Å². The van der Waals surface area contributed by atoms with E-state index in [2.05, 4.69) is 51.6 Å². The zero-order chi connectivity index (χ0) is 18.1. The van der Waals surface area contributed by atoms with E-state index in [1.165, 1.54) is 12.8 Å². The van der Waals surface area contributed by atoms with Crippen LogP contribution in [0, 0.1) is 5.92 Å². The molecule has 3 aromatic heterocycles. The summed E-state index contributed by atoms with van der Waals surface area (Å²) < 4.78 is 1.92. The van der Waals surface area contributed by atoms with E-state index in [0.717, 1.165) is 41.5 Å². The van der Waals surface area contributed by atoms with Crippen molar-refractivity contribution >= 4 is 28.5 Å². The van der Waals surface area contributed by atoms with Crippen molar-refractivity contribution in [2.45, 2.75) is 32.4 Å². The van der Waals surface area contributed by atoms with Gasteiger partial charge in [0.15, 0.2) is 0 Å². The summed E-state index contributed by atoms with van der Waals surface area (Å²) >= 11 is 0. The summed E-state index contributed by atoms with van der Waals surface area (Å²) in [6.45, 7) is 4.01. The van der Waals surface area contributed by atoms with Crippen LogP contribution in [0.25, 0.3) is 11.0 Å². The van der Waals surface area contributed by atoms with E-state index in [1.54, 1.807) is 6.20 Å². The first-order chi connectivity index (χ1) is 12.6. The van der Waals surface area contributed by atoms with Crippen LogP contribution < -0.4 is 10.6 Å². The first kappa shape index (κ1) is 16.8. The van der Waals surface area contributed by atoms with Crippen molar-refractivity contribution in [3.63, 3.8) is 0 Å². The summed E-state index contributed by atoms with van der Waals surface area (Å²) in [5.74, 6) is 2.20. The highest BCUT2D eigenvalue weighted by Gasteiger charge is 2.28. The van der Waals surface area contributed by atoms with Gasteiger partial charge in [0.1, 0.15) is 11.5 Å². The lowest BCUT2D eigenvalue weighted by atomic mass is 10.2. The highest BCUT2D eigenvalue weighted by molar-refractivity contribution is 5.88. The number of likely N-dealkylation sites (N-methyl/N-ethyl adjacent to an activating group) is 1. The molecule has 3 N–H and O–H groups in total. The van der Waals surface area contributed by atoms with E-state index in [4.69, 9.17) is 4.98 Å². The molecule has 3 aromatic rings. The second-order valence-corrected chi connectivity index (χ2v) is 7.33. The summed E-state index contributed by atoms with van der Waals surface area (Å²) in [7, 11) is 4.11. The van der Waals surface area contributed by atoms with Crippen molar-refractivity contribution in [1.29, 1.82) is 0 Å². The molecule has 1 fully saturated rings. The standard InChI is InChI=1S/C18H26N8/c1-12(13-4-5-13)21-17-15-6-7-19-16(15)23-18(24-17)22-14-10-20-26(11-14)9-8-25(2)3/h6-7,10-13H,4-5,8-9H2,1-3H3,(H3,19,21,22,23,24)/t12-/m0/s1. The second-order valence-electron chi connectivity index (χ2n) is 7.33. The Hall–Kier alpha value is -2.61. The van der Waals surface area contributed by atoms with Gasteiger partial charge in [-0.2, -0.15) is 15.1 Å². The van der Waals surface area contributed by atoms with Crippen LogP contribution in [-0.2, 0) is 6.54 Å². The van der Waals surface area contributed by atoms with Crippen LogP contribution in [0.1, 0.15) is 19.8 Å². The third-order valence-electron chi connectivity index (χ3n) is 4.77. The lowest BCUT2D eigenvalue weighted by molar-refractivity contribution is 0.373. The summed E-state index contributed by atoms with van der Waals surface area (Å²) in [5.41, 5.74) is 1.71. The summed E-state index contributed by atoms with van der Waals surface area (Å²) in [6, 6.07) is 2.44. The number of hydrogen-bond acceptors (Lipinski definition) is 6. The van der Waals surface area contributed by atoms with Crippen LogP contribution in [0.4, 0.5) is 17.5 Å². The van der Waals surface area contributed by atoms with Crippen molar-refractivity contribution in [3.8, 4) is 0 Å². The normalized spacial score (nSPS) is 15.5. The lowest BCUT2D eigenvalue weighted by Crippen LogP contribution is -2.18. The number of nitrogens with zero attached hydrogens (tertiary/aromatic N) is 5. The quantitative estimate of drug-likeness (QED) is 0.576. The van der Waals surface area contributed by atoms with Crippen molar-refractivity contribution in [2.75, 3.05) is 31.3 Å². The van der Waals surface area contributed by atoms with Crippen LogP contribution in [-0.4, -0.2) is 56.3 Å². The highest BCUT2D eigenvalue weighted by Crippen LogP contribution is 2.34. The predicted octanol–water partition coefficient (Wildman–Crippen LogP) is 2.67. The van der Waals surface area contributed by atoms with Gasteiger partial charge in [-0.05, 0) is 45.8 Å². The first-order valence-corrected chi connectivity index (χ1v) is 9.14. The summed E-state index contributed by atoms with van der Waals surface area (Å²) in [4.78, 5) is 14.6. The molecule has 0 aliphatic heterocycles. The van der Waals surface area contributed by atoms with Gasteiger partial charge in [0.05, 0.1) is 23.8 Å². The Labute approximate surface area is 153 Å². The molecule has 0 unspecified atom stereocenters. The molecule has 0 amide bonds. The molecule has 26 heavy (non-hydrogen) atoms. The topological polar surface area (TPSA) is 86.7 Å². The Morgan fingerprint density at radius 2 is 2.19 bits per heavy atom. The highest BCUT2D eigenvalue weighted by atomic mass is 15.3. The maximum absolute atomic E-state index is 4.70. The Morgan fingerprint density at radius 3 is 2.96 bits per heavy atom. The largest absolute Gasteiger partial charge is 0.367 e. The van der Waals surface area contributed by atoms with Gasteiger partial charge in [-0.15, -0.1) is 0 Å². The minimum atomic E-state index is 0.421. The molecule has 8 nitrogen and oxygen atoms in total. The van der Waals surface area contributed by atoms with Gasteiger partial charge in [-0.3, -0.25) is 4.68 Å². The average molecular weight is 354 g/mol. The SMILES string of the molecule is C[C@H](Nc1nc(Nc2cnn(CCN(C)C)c2)nc2[nH]ccc12)C1CC1. The Morgan fingerprint density at radius 1 is 1.35 bits per heavy atom. The smallest absolute Gasteiger partial charge is 0.231 e. The fraction of sp³-hybridized carbons (Fsp3) is 0.500. The predicted molar refractivity (Wildman–Crippen MR) is 104 cm³/mol. The molecule has 1 aliphatic rings. The third-order valence-corrected chi connectivity index (χ3v) is 4.77. The van der Waals surface area contributed by atoms with E-state index in [1.807, 2.05) is 23.1 Å². The van der Waals surface area contributed by atoms with Gasteiger partial charge in [-0.1, -0.05) is 0 Å². The zero-order valence-corrected chi connectivity index (χ0v) is 15.5. The second kappa shape index (κ2) is 6.95. The van der Waals surface area contributed by atoms with E-state index in [0.29, 0.717) is 12.0 Å². The molecular weight excluding hydrogens is 328 g/mol. The van der Waals surface area contributed by atoms with E-state index >= 15 is 0 Å². The molecule has 0 spiro atoms. The molecule has 8 heteroatoms. The first-order valence-electron chi connectivity index (χ1n) is 9.14. The molecule has 0 saturated heterocycles. The minimum Gasteiger partial charge on any atom is -0.367 e. The van der Waals surface area contributed by atoms with Crippen LogP contribution >= 0.6 is 0 Å². The number of H-pyrrole nitrogens is 1. The van der Waals surface area contributed by atoms with E-state index < -0.39 is 0 Å². The Kier molecular flexibility index (Phi) is 4.50. The van der Waals surface area contributed by atoms with Gasteiger partial charge in [0, 0.05) is 25.0 Å². The maximum atomic E-state index is 4.70. The van der Waals surface area contributed by atoms with Crippen molar-refractivity contribution in [1.82, 2.24) is 29.6 Å². The summed E-state index contributed by atoms with van der Waals surface area (Å²) in [6.07, 6.45) is 8.28. The van der Waals surface area contributed by atoms with Gasteiger partial charge in [0.2, 0.25) is 5.95 Å². The fourth-order valence-electron chi connectivity index (χ4n) is 3.02. The minimum absolute atomic E-state index is 0.421. The van der Waals surface area contributed by atoms with Gasteiger partial charge in [0.25, 0.3) is 0 Å². The Bertz CT molecular complexity index is 876. The number of anilines is 3. The third kappa shape index (κ3) is 3.80. The number of rotatable bonds is 8. The molecule has 3 heterocycles. The average Bonchev–Trinajstić information content (AvgIpc) is 3.19. The van der Waals surface area contributed by atoms with Gasteiger partial charge in [-0.25, -0.2) is 0 Å². The molecule has 4 rings (SSSR count). The number of nitrogens with one attached hydrogen (secondary N) is 3. The molecule has 0 bridgehead atoms. The monoisotopic (exact) mass is 354 g/mol. The fourth-order valence-corrected chi connectivity index (χ4v) is 3.02.